The number of nitrogens with zero attached hydrogens (tertiary/aromatic N) is 1. The molecule has 2 saturated heterocycles. The number of ether oxygens (including phenoxy) is 1. The van der Waals surface area contributed by atoms with Crippen molar-refractivity contribution in [2.45, 2.75) is 44.2 Å². The van der Waals surface area contributed by atoms with Crippen LogP contribution < -0.4 is 15.0 Å². The lowest BCUT2D eigenvalue weighted by atomic mass is 9.92. The standard InChI is InChI=1S/C21H26N2O3S/c1-26-19-4-2-3-14(12-19)9-16-7-8-27-20(16)23(21(24)25)13-15-10-17-5-6-18(11-15)22-17/h2-4,7-8,12,15,17-18,22H,5-6,9-11,13H2,1H3,(H,24,25). The number of amides is 1. The maximum atomic E-state index is 12.1. The molecule has 4 rings (SSSR count). The van der Waals surface area contributed by atoms with Crippen molar-refractivity contribution in [1.29, 1.82) is 0 Å². The second kappa shape index (κ2) is 7.90. The second-order valence-electron chi connectivity index (χ2n) is 7.65. The highest BCUT2D eigenvalue weighted by Gasteiger charge is 2.35. The van der Waals surface area contributed by atoms with Crippen LogP contribution in [0, 0.1) is 5.92 Å². The molecule has 3 heterocycles. The number of piperidine rings is 1. The minimum absolute atomic E-state index is 0.437. The van der Waals surface area contributed by atoms with Crippen molar-refractivity contribution in [2.75, 3.05) is 18.6 Å². The summed E-state index contributed by atoms with van der Waals surface area (Å²) < 4.78 is 5.31. The van der Waals surface area contributed by atoms with Crippen LogP contribution in [0.5, 0.6) is 5.75 Å². The van der Waals surface area contributed by atoms with E-state index >= 15 is 0 Å². The first-order valence-electron chi connectivity index (χ1n) is 9.58. The average Bonchev–Trinajstić information content (AvgIpc) is 3.25. The van der Waals surface area contributed by atoms with Crippen LogP contribution in [0.4, 0.5) is 9.80 Å². The summed E-state index contributed by atoms with van der Waals surface area (Å²) in [5.74, 6) is 1.26. The van der Waals surface area contributed by atoms with Gasteiger partial charge in [0.1, 0.15) is 10.8 Å². The van der Waals surface area contributed by atoms with Crippen molar-refractivity contribution in [3.8, 4) is 5.75 Å². The highest BCUT2D eigenvalue weighted by Crippen LogP contribution is 2.35. The topological polar surface area (TPSA) is 61.8 Å². The number of nitrogens with one attached hydrogen (secondary N) is 1. The number of rotatable bonds is 6. The molecule has 1 aromatic heterocycles. The van der Waals surface area contributed by atoms with Gasteiger partial charge in [-0.25, -0.2) is 4.79 Å². The zero-order valence-electron chi connectivity index (χ0n) is 15.6. The predicted molar refractivity (Wildman–Crippen MR) is 108 cm³/mol. The molecular formula is C21H26N2O3S. The Morgan fingerprint density at radius 1 is 1.30 bits per heavy atom. The Kier molecular flexibility index (Phi) is 5.36. The summed E-state index contributed by atoms with van der Waals surface area (Å²) in [4.78, 5) is 13.6. The highest BCUT2D eigenvalue weighted by atomic mass is 32.1. The van der Waals surface area contributed by atoms with Crippen molar-refractivity contribution >= 4 is 22.4 Å². The minimum atomic E-state index is -0.852. The van der Waals surface area contributed by atoms with E-state index in [9.17, 15) is 9.90 Å². The van der Waals surface area contributed by atoms with E-state index < -0.39 is 6.09 Å². The normalized spacial score (nSPS) is 24.0. The van der Waals surface area contributed by atoms with Crippen LogP contribution in [-0.2, 0) is 6.42 Å². The number of carbonyl (C=O) groups is 1. The largest absolute Gasteiger partial charge is 0.497 e. The molecule has 6 heteroatoms. The Morgan fingerprint density at radius 3 is 2.78 bits per heavy atom. The second-order valence-corrected chi connectivity index (χ2v) is 8.54. The van der Waals surface area contributed by atoms with Crippen LogP contribution in [0.15, 0.2) is 35.7 Å². The van der Waals surface area contributed by atoms with Gasteiger partial charge in [0.05, 0.1) is 7.11 Å². The molecule has 2 bridgehead atoms. The van der Waals surface area contributed by atoms with E-state index in [1.54, 1.807) is 12.0 Å². The Morgan fingerprint density at radius 2 is 2.07 bits per heavy atom. The summed E-state index contributed by atoms with van der Waals surface area (Å²) in [6.07, 6.45) is 4.48. The van der Waals surface area contributed by atoms with Gasteiger partial charge in [0, 0.05) is 25.0 Å². The number of hydrogen-bond acceptors (Lipinski definition) is 4. The SMILES string of the molecule is COc1cccc(Cc2ccsc2N(CC2CC3CCC(C2)N3)C(=O)O)c1. The third kappa shape index (κ3) is 4.12. The zero-order chi connectivity index (χ0) is 18.8. The van der Waals surface area contributed by atoms with Crippen LogP contribution in [0.2, 0.25) is 0 Å². The molecule has 27 heavy (non-hydrogen) atoms. The summed E-state index contributed by atoms with van der Waals surface area (Å²) in [6, 6.07) is 11.2. The molecule has 2 aliphatic rings. The van der Waals surface area contributed by atoms with E-state index in [0.717, 1.165) is 34.7 Å². The molecule has 0 aliphatic carbocycles. The summed E-state index contributed by atoms with van der Waals surface area (Å²) in [5.41, 5.74) is 2.19. The first kappa shape index (κ1) is 18.3. The van der Waals surface area contributed by atoms with Crippen LogP contribution in [0.25, 0.3) is 0 Å². The Labute approximate surface area is 164 Å². The van der Waals surface area contributed by atoms with Gasteiger partial charge in [0.15, 0.2) is 0 Å². The number of hydrogen-bond donors (Lipinski definition) is 2. The van der Waals surface area contributed by atoms with Crippen LogP contribution >= 0.6 is 11.3 Å². The van der Waals surface area contributed by atoms with Crippen LogP contribution in [-0.4, -0.2) is 36.9 Å². The molecule has 0 spiro atoms. The van der Waals surface area contributed by atoms with E-state index in [0.29, 0.717) is 31.0 Å². The van der Waals surface area contributed by atoms with E-state index in [1.807, 2.05) is 29.6 Å². The quantitative estimate of drug-likeness (QED) is 0.774. The van der Waals surface area contributed by atoms with Crippen molar-refractivity contribution in [3.05, 3.63) is 46.8 Å². The molecular weight excluding hydrogens is 360 g/mol. The molecule has 2 fully saturated rings. The number of fused-ring (bicyclic) bond motifs is 2. The number of methoxy groups -OCH3 is 1. The molecule has 1 aromatic carbocycles. The number of carboxylic acid groups (broad SMARTS) is 1. The predicted octanol–water partition coefficient (Wildman–Crippen LogP) is 4.36. The average molecular weight is 387 g/mol. The Bertz CT molecular complexity index is 794. The monoisotopic (exact) mass is 386 g/mol. The van der Waals surface area contributed by atoms with Gasteiger partial charge in [-0.15, -0.1) is 11.3 Å². The zero-order valence-corrected chi connectivity index (χ0v) is 16.4. The van der Waals surface area contributed by atoms with Crippen molar-refractivity contribution in [2.24, 2.45) is 5.92 Å². The van der Waals surface area contributed by atoms with Crippen molar-refractivity contribution in [3.63, 3.8) is 0 Å². The third-order valence-electron chi connectivity index (χ3n) is 5.74. The molecule has 144 valence electrons. The van der Waals surface area contributed by atoms with Gasteiger partial charge < -0.3 is 15.2 Å². The fraction of sp³-hybridized carbons (Fsp3) is 0.476. The summed E-state index contributed by atoms with van der Waals surface area (Å²) in [6.45, 7) is 0.593. The van der Waals surface area contributed by atoms with Gasteiger partial charge in [0.2, 0.25) is 0 Å². The molecule has 5 nitrogen and oxygen atoms in total. The fourth-order valence-corrected chi connectivity index (χ4v) is 5.46. The Hall–Kier alpha value is -2.05. The lowest BCUT2D eigenvalue weighted by Crippen LogP contribution is -2.43. The van der Waals surface area contributed by atoms with E-state index in [-0.39, 0.29) is 0 Å². The van der Waals surface area contributed by atoms with Crippen molar-refractivity contribution < 1.29 is 14.6 Å². The summed E-state index contributed by atoms with van der Waals surface area (Å²) >= 11 is 1.52. The molecule has 0 saturated carbocycles. The lowest BCUT2D eigenvalue weighted by molar-refractivity contribution is 0.198. The van der Waals surface area contributed by atoms with E-state index in [2.05, 4.69) is 11.4 Å². The Balaban J connectivity index is 1.51. The summed E-state index contributed by atoms with van der Waals surface area (Å²) in [5, 5.41) is 16.4. The van der Waals surface area contributed by atoms with Crippen LogP contribution in [0.1, 0.15) is 36.8 Å². The molecule has 2 aliphatic heterocycles. The molecule has 2 unspecified atom stereocenters. The molecule has 0 radical (unpaired) electrons. The molecule has 2 atom stereocenters. The first-order valence-corrected chi connectivity index (χ1v) is 10.5. The number of thiophene rings is 1. The van der Waals surface area contributed by atoms with Gasteiger partial charge in [0.25, 0.3) is 0 Å². The highest BCUT2D eigenvalue weighted by molar-refractivity contribution is 7.14. The molecule has 2 aromatic rings. The van der Waals surface area contributed by atoms with Gasteiger partial charge in [-0.2, -0.15) is 0 Å². The van der Waals surface area contributed by atoms with E-state index in [4.69, 9.17) is 4.74 Å². The van der Waals surface area contributed by atoms with Gasteiger partial charge in [-0.3, -0.25) is 4.90 Å². The number of anilines is 1. The van der Waals surface area contributed by atoms with Gasteiger partial charge in [-0.05, 0) is 66.3 Å². The smallest absolute Gasteiger partial charge is 0.412 e. The minimum Gasteiger partial charge on any atom is -0.497 e. The molecule has 2 N–H and O–H groups in total. The van der Waals surface area contributed by atoms with E-state index in [1.165, 1.54) is 24.2 Å². The molecule has 1 amide bonds. The fourth-order valence-electron chi connectivity index (χ4n) is 4.53. The van der Waals surface area contributed by atoms with Gasteiger partial charge >= 0.3 is 6.09 Å². The number of benzene rings is 1. The van der Waals surface area contributed by atoms with Crippen LogP contribution in [0.3, 0.4) is 0 Å². The maximum Gasteiger partial charge on any atom is 0.412 e. The lowest BCUT2D eigenvalue weighted by Gasteiger charge is -2.32. The third-order valence-corrected chi connectivity index (χ3v) is 6.72. The maximum absolute atomic E-state index is 12.1. The van der Waals surface area contributed by atoms with Gasteiger partial charge in [-0.1, -0.05) is 12.1 Å². The van der Waals surface area contributed by atoms with Crippen molar-refractivity contribution in [1.82, 2.24) is 5.32 Å². The first-order chi connectivity index (χ1) is 13.1. The summed E-state index contributed by atoms with van der Waals surface area (Å²) in [7, 11) is 1.66.